The van der Waals surface area contributed by atoms with E-state index in [4.69, 9.17) is 4.74 Å². The molecule has 224 valence electrons. The summed E-state index contributed by atoms with van der Waals surface area (Å²) in [5.41, 5.74) is -1.08. The van der Waals surface area contributed by atoms with Crippen LogP contribution in [0.15, 0.2) is 48.5 Å². The fourth-order valence-electron chi connectivity index (χ4n) is 3.55. The molecule has 3 atom stereocenters. The van der Waals surface area contributed by atoms with E-state index in [-0.39, 0.29) is 5.56 Å². The highest BCUT2D eigenvalue weighted by Gasteiger charge is 2.46. The number of rotatable bonds is 12. The van der Waals surface area contributed by atoms with E-state index >= 15 is 0 Å². The Morgan fingerprint density at radius 2 is 1.51 bits per heavy atom. The number of benzene rings is 2. The summed E-state index contributed by atoms with van der Waals surface area (Å²) in [6.45, 7) is 1.24. The Labute approximate surface area is 230 Å². The Kier molecular flexibility index (Phi) is 10.9. The molecule has 3 amide bonds. The fourth-order valence-corrected chi connectivity index (χ4v) is 3.55. The third-order valence-corrected chi connectivity index (χ3v) is 5.80. The fraction of sp³-hybridized carbons (Fsp3) is 0.385. The summed E-state index contributed by atoms with van der Waals surface area (Å²) in [7, 11) is 1.32. The van der Waals surface area contributed by atoms with E-state index in [1.807, 2.05) is 5.32 Å². The van der Waals surface area contributed by atoms with Crippen molar-refractivity contribution in [1.82, 2.24) is 16.0 Å². The van der Waals surface area contributed by atoms with E-state index in [2.05, 4.69) is 5.32 Å². The molecule has 0 spiro atoms. The summed E-state index contributed by atoms with van der Waals surface area (Å²) in [5.74, 6) is -13.1. The third-order valence-electron chi connectivity index (χ3n) is 5.80. The van der Waals surface area contributed by atoms with Crippen LogP contribution in [-0.4, -0.2) is 60.6 Å². The Morgan fingerprint density at radius 1 is 0.902 bits per heavy atom. The number of nitrogens with one attached hydrogen (secondary N) is 3. The van der Waals surface area contributed by atoms with Gasteiger partial charge in [0.15, 0.2) is 0 Å². The van der Waals surface area contributed by atoms with Crippen LogP contribution in [0, 0.1) is 11.7 Å². The summed E-state index contributed by atoms with van der Waals surface area (Å²) in [6.07, 6.45) is -5.29. The van der Waals surface area contributed by atoms with Gasteiger partial charge in [-0.3, -0.25) is 19.2 Å². The molecule has 0 unspecified atom stereocenters. The van der Waals surface area contributed by atoms with Crippen molar-refractivity contribution in [3.8, 4) is 5.75 Å². The zero-order valence-electron chi connectivity index (χ0n) is 21.9. The topological polar surface area (TPSA) is 134 Å². The van der Waals surface area contributed by atoms with Crippen LogP contribution in [0.4, 0.5) is 26.3 Å². The maximum atomic E-state index is 14.6. The lowest BCUT2D eigenvalue weighted by Gasteiger charge is -2.27. The number of aliphatic hydroxyl groups excluding tert-OH is 1. The van der Waals surface area contributed by atoms with Crippen LogP contribution in [0.2, 0.25) is 0 Å². The first kappa shape index (κ1) is 33.1. The number of carbonyl (C=O) groups excluding carboxylic acids is 4. The molecule has 15 heteroatoms. The van der Waals surface area contributed by atoms with Gasteiger partial charge in [-0.15, -0.1) is 0 Å². The summed E-state index contributed by atoms with van der Waals surface area (Å²) in [4.78, 5) is 50.2. The van der Waals surface area contributed by atoms with Gasteiger partial charge in [0.05, 0.1) is 19.8 Å². The lowest BCUT2D eigenvalue weighted by atomic mass is 9.97. The monoisotopic (exact) mass is 591 g/mol. The zero-order valence-corrected chi connectivity index (χ0v) is 21.9. The Morgan fingerprint density at radius 3 is 2.00 bits per heavy atom. The van der Waals surface area contributed by atoms with Gasteiger partial charge in [-0.2, -0.15) is 22.0 Å². The molecule has 41 heavy (non-hydrogen) atoms. The average Bonchev–Trinajstić information content (AvgIpc) is 2.91. The largest absolute Gasteiger partial charge is 0.497 e. The number of hydrogen-bond acceptors (Lipinski definition) is 6. The molecule has 2 rings (SSSR count). The summed E-state index contributed by atoms with van der Waals surface area (Å²) >= 11 is 0. The molecule has 0 aliphatic carbocycles. The van der Waals surface area contributed by atoms with Gasteiger partial charge in [-0.05, 0) is 35.7 Å². The van der Waals surface area contributed by atoms with Gasteiger partial charge in [0.1, 0.15) is 23.7 Å². The maximum absolute atomic E-state index is 14.6. The molecule has 0 aromatic heterocycles. The van der Waals surface area contributed by atoms with E-state index in [9.17, 15) is 50.6 Å². The molecule has 0 fully saturated rings. The Bertz CT molecular complexity index is 1250. The van der Waals surface area contributed by atoms with Crippen LogP contribution in [0.25, 0.3) is 0 Å². The van der Waals surface area contributed by atoms with E-state index in [0.717, 1.165) is 18.2 Å². The maximum Gasteiger partial charge on any atom is 0.452 e. The minimum absolute atomic E-state index is 0.0354. The van der Waals surface area contributed by atoms with Crippen LogP contribution in [-0.2, 0) is 25.1 Å². The molecular formula is C26H27F6N3O6. The van der Waals surface area contributed by atoms with E-state index in [1.54, 1.807) is 5.32 Å². The molecule has 2 aromatic rings. The van der Waals surface area contributed by atoms with E-state index in [1.165, 1.54) is 45.2 Å². The summed E-state index contributed by atoms with van der Waals surface area (Å²) < 4.78 is 87.0. The van der Waals surface area contributed by atoms with Crippen LogP contribution in [0.1, 0.15) is 31.0 Å². The molecular weight excluding hydrogens is 564 g/mol. The summed E-state index contributed by atoms with van der Waals surface area (Å²) in [5, 5.41) is 15.3. The summed E-state index contributed by atoms with van der Waals surface area (Å²) in [6, 6.07) is 2.19. The van der Waals surface area contributed by atoms with Gasteiger partial charge in [-0.25, -0.2) is 4.39 Å². The van der Waals surface area contributed by atoms with Crippen molar-refractivity contribution in [3.05, 3.63) is 65.5 Å². The number of ether oxygens (including phenoxy) is 1. The van der Waals surface area contributed by atoms with Gasteiger partial charge in [0.2, 0.25) is 11.8 Å². The third kappa shape index (κ3) is 8.42. The van der Waals surface area contributed by atoms with Crippen molar-refractivity contribution in [2.24, 2.45) is 5.92 Å². The van der Waals surface area contributed by atoms with Crippen LogP contribution >= 0.6 is 0 Å². The van der Waals surface area contributed by atoms with Crippen LogP contribution in [0.3, 0.4) is 0 Å². The standard InChI is InChI=1S/C26H27F6N3O6/c1-13(2)19(21(37)26(30,31)32)34-23(39)20(14-7-9-17(41-3)10-8-14)35-22(38)18(12-36)33-24(40)25(28,29)15-5-4-6-16(27)11-15/h4-11,13,18-20,36H,12H2,1-3H3,(H,33,40)(H,34,39)(H,35,38)/t18-,19-,20-/m0/s1. The quantitative estimate of drug-likeness (QED) is 0.281. The number of Topliss-reactive ketones (excluding diaryl/α,β-unsaturated/α-hetero) is 1. The van der Waals surface area contributed by atoms with Gasteiger partial charge in [0.25, 0.3) is 11.7 Å². The predicted molar refractivity (Wildman–Crippen MR) is 131 cm³/mol. The number of aliphatic hydroxyl groups is 1. The lowest BCUT2D eigenvalue weighted by molar-refractivity contribution is -0.175. The average molecular weight is 592 g/mol. The molecule has 0 saturated heterocycles. The first-order valence-corrected chi connectivity index (χ1v) is 11.9. The SMILES string of the molecule is COc1ccc([C@H](NC(=O)[C@H](CO)NC(=O)C(F)(F)c2cccc(F)c2)C(=O)N[C@H](C(=O)C(F)(F)F)C(C)C)cc1. The van der Waals surface area contributed by atoms with Crippen molar-refractivity contribution in [2.75, 3.05) is 13.7 Å². The van der Waals surface area contributed by atoms with Crippen molar-refractivity contribution in [2.45, 2.75) is 44.1 Å². The first-order valence-electron chi connectivity index (χ1n) is 11.9. The van der Waals surface area contributed by atoms with Gasteiger partial charge in [0, 0.05) is 5.56 Å². The molecule has 9 nitrogen and oxygen atoms in total. The highest BCUT2D eigenvalue weighted by Crippen LogP contribution is 2.29. The minimum atomic E-state index is -5.29. The smallest absolute Gasteiger partial charge is 0.452 e. The van der Waals surface area contributed by atoms with Crippen LogP contribution < -0.4 is 20.7 Å². The van der Waals surface area contributed by atoms with Crippen molar-refractivity contribution in [3.63, 3.8) is 0 Å². The number of methoxy groups -OCH3 is 1. The zero-order chi connectivity index (χ0) is 31.1. The van der Waals surface area contributed by atoms with Gasteiger partial charge >= 0.3 is 12.1 Å². The molecule has 0 aliphatic rings. The number of hydrogen-bond donors (Lipinski definition) is 4. The first-order chi connectivity index (χ1) is 19.0. The highest BCUT2D eigenvalue weighted by molar-refractivity contribution is 5.97. The molecule has 0 heterocycles. The highest BCUT2D eigenvalue weighted by atomic mass is 19.4. The Hall–Kier alpha value is -4.14. The number of alkyl halides is 5. The molecule has 0 bridgehead atoms. The molecule has 0 aliphatic heterocycles. The van der Waals surface area contributed by atoms with Gasteiger partial charge < -0.3 is 25.8 Å². The molecule has 0 radical (unpaired) electrons. The minimum Gasteiger partial charge on any atom is -0.497 e. The molecule has 4 N–H and O–H groups in total. The predicted octanol–water partition coefficient (Wildman–Crippen LogP) is 2.53. The van der Waals surface area contributed by atoms with E-state index < -0.39 is 77.6 Å². The van der Waals surface area contributed by atoms with E-state index in [0.29, 0.717) is 11.8 Å². The molecule has 2 aromatic carbocycles. The van der Waals surface area contributed by atoms with Crippen molar-refractivity contribution < 1.29 is 55.4 Å². The van der Waals surface area contributed by atoms with Crippen LogP contribution in [0.5, 0.6) is 5.75 Å². The van der Waals surface area contributed by atoms with Gasteiger partial charge in [-0.1, -0.05) is 38.1 Å². The number of carbonyl (C=O) groups is 4. The lowest BCUT2D eigenvalue weighted by Crippen LogP contribution is -2.56. The number of ketones is 1. The second kappa shape index (κ2) is 13.5. The second-order valence-corrected chi connectivity index (χ2v) is 9.10. The molecule has 0 saturated carbocycles. The number of halogens is 6. The van der Waals surface area contributed by atoms with Crippen molar-refractivity contribution in [1.29, 1.82) is 0 Å². The second-order valence-electron chi connectivity index (χ2n) is 9.10. The Balaban J connectivity index is 2.34. The normalized spacial score (nSPS) is 14.0. The van der Waals surface area contributed by atoms with Crippen molar-refractivity contribution >= 4 is 23.5 Å². The number of amides is 3.